The van der Waals surface area contributed by atoms with Crippen molar-refractivity contribution in [1.82, 2.24) is 19.5 Å². The summed E-state index contributed by atoms with van der Waals surface area (Å²) in [5, 5.41) is 4.67. The monoisotopic (exact) mass is 844 g/mol. The molecule has 0 saturated carbocycles. The molecule has 1 unspecified atom stereocenters. The Morgan fingerprint density at radius 3 is 1.89 bits per heavy atom. The Morgan fingerprint density at radius 1 is 0.424 bits per heavy atom. The maximum atomic E-state index is 6.87. The topological polar surface area (TPSA) is 56.7 Å². The Labute approximate surface area is 381 Å². The summed E-state index contributed by atoms with van der Waals surface area (Å²) in [5.41, 5.74) is 19.1. The molecule has 0 radical (unpaired) electrons. The average Bonchev–Trinajstić information content (AvgIpc) is 4.09. The molecule has 0 amide bonds. The molecule has 3 heterocycles. The molecule has 3 aromatic heterocycles. The molecule has 1 atom stereocenters. The largest absolute Gasteiger partial charge is 0.456 e. The van der Waals surface area contributed by atoms with Gasteiger partial charge in [0, 0.05) is 55.3 Å². The van der Waals surface area contributed by atoms with Crippen molar-refractivity contribution in [2.24, 2.45) is 0 Å². The van der Waals surface area contributed by atoms with Crippen molar-refractivity contribution in [1.29, 1.82) is 0 Å². The van der Waals surface area contributed by atoms with Crippen molar-refractivity contribution in [2.45, 2.75) is 25.2 Å². The van der Waals surface area contributed by atoms with Crippen LogP contribution in [0.3, 0.4) is 0 Å². The second kappa shape index (κ2) is 13.8. The Hall–Kier alpha value is -8.41. The number of para-hydroxylation sites is 3. The smallest absolute Gasteiger partial charge is 0.164 e. The summed E-state index contributed by atoms with van der Waals surface area (Å²) >= 11 is 0. The summed E-state index contributed by atoms with van der Waals surface area (Å²) in [4.78, 5) is 15.9. The molecule has 9 aromatic carbocycles. The second-order valence-electron chi connectivity index (χ2n) is 18.3. The highest BCUT2D eigenvalue weighted by molar-refractivity contribution is 6.15. The first kappa shape index (κ1) is 37.0. The van der Waals surface area contributed by atoms with E-state index in [2.05, 4.69) is 194 Å². The van der Waals surface area contributed by atoms with Crippen molar-refractivity contribution in [3.8, 4) is 62.1 Å². The van der Waals surface area contributed by atoms with E-state index in [1.807, 2.05) is 24.3 Å². The summed E-state index contributed by atoms with van der Waals surface area (Å²) in [5.74, 6) is 1.72. The van der Waals surface area contributed by atoms with Crippen molar-refractivity contribution in [3.05, 3.63) is 228 Å². The van der Waals surface area contributed by atoms with Gasteiger partial charge in [-0.25, -0.2) is 15.0 Å². The first-order valence-electron chi connectivity index (χ1n) is 22.7. The van der Waals surface area contributed by atoms with Gasteiger partial charge in [-0.15, -0.1) is 0 Å². The highest BCUT2D eigenvalue weighted by Gasteiger charge is 2.37. The minimum atomic E-state index is -0.173. The van der Waals surface area contributed by atoms with Crippen molar-refractivity contribution >= 4 is 43.7 Å². The third kappa shape index (κ3) is 5.25. The lowest BCUT2D eigenvalue weighted by atomic mass is 9.82. The van der Waals surface area contributed by atoms with Gasteiger partial charge in [0.25, 0.3) is 0 Å². The molecule has 310 valence electrons. The molecule has 5 nitrogen and oxygen atoms in total. The first-order chi connectivity index (χ1) is 32.5. The van der Waals surface area contributed by atoms with E-state index in [1.54, 1.807) is 0 Å². The lowest BCUT2D eigenvalue weighted by molar-refractivity contribution is 0.660. The van der Waals surface area contributed by atoms with Crippen LogP contribution in [0.15, 0.2) is 205 Å². The van der Waals surface area contributed by atoms with Gasteiger partial charge in [0.1, 0.15) is 11.2 Å². The highest BCUT2D eigenvalue weighted by atomic mass is 16.3. The fraction of sp³-hybridized carbons (Fsp3) is 0.0656. The van der Waals surface area contributed by atoms with Crippen LogP contribution in [0.1, 0.15) is 47.6 Å². The Kier molecular flexibility index (Phi) is 7.74. The SMILES string of the molecule is CC1(C)c2ccccc2-c2ccc(-c3nc(-c4ccccc4)nc(-c4cc(C5c6ccccc6-c6ccc7c(c65)c5ccccc5n7-c5ccccc5)c5c(c4)oc4ccccc45)n3)cc21. The zero-order valence-electron chi connectivity index (χ0n) is 36.3. The van der Waals surface area contributed by atoms with Gasteiger partial charge in [0.05, 0.1) is 11.0 Å². The molecule has 2 aliphatic rings. The Morgan fingerprint density at radius 2 is 1.06 bits per heavy atom. The number of fused-ring (bicyclic) bond motifs is 13. The van der Waals surface area contributed by atoms with Gasteiger partial charge in [-0.05, 0) is 98.6 Å². The average molecular weight is 845 g/mol. The molecule has 0 fully saturated rings. The van der Waals surface area contributed by atoms with Crippen LogP contribution in [0.2, 0.25) is 0 Å². The Balaban J connectivity index is 1.04. The number of furan rings is 1. The van der Waals surface area contributed by atoms with E-state index in [0.29, 0.717) is 17.5 Å². The lowest BCUT2D eigenvalue weighted by Crippen LogP contribution is -2.15. The molecule has 0 bridgehead atoms. The zero-order chi connectivity index (χ0) is 43.7. The molecular weight excluding hydrogens is 805 g/mol. The van der Waals surface area contributed by atoms with Gasteiger partial charge < -0.3 is 8.98 Å². The molecule has 0 N–H and O–H groups in total. The van der Waals surface area contributed by atoms with Crippen LogP contribution in [-0.4, -0.2) is 19.5 Å². The van der Waals surface area contributed by atoms with Gasteiger partial charge in [0.2, 0.25) is 0 Å². The molecule has 0 aliphatic heterocycles. The maximum Gasteiger partial charge on any atom is 0.164 e. The van der Waals surface area contributed by atoms with E-state index in [9.17, 15) is 0 Å². The molecule has 0 saturated heterocycles. The summed E-state index contributed by atoms with van der Waals surface area (Å²) in [6, 6.07) is 71.8. The summed E-state index contributed by atoms with van der Waals surface area (Å²) in [7, 11) is 0. The fourth-order valence-electron chi connectivity index (χ4n) is 11.4. The molecule has 0 spiro atoms. The van der Waals surface area contributed by atoms with Gasteiger partial charge in [-0.1, -0.05) is 166 Å². The van der Waals surface area contributed by atoms with E-state index >= 15 is 0 Å². The van der Waals surface area contributed by atoms with Crippen molar-refractivity contribution < 1.29 is 4.42 Å². The van der Waals surface area contributed by atoms with Gasteiger partial charge in [-0.3, -0.25) is 0 Å². The molecule has 66 heavy (non-hydrogen) atoms. The highest BCUT2D eigenvalue weighted by Crippen LogP contribution is 2.55. The number of nitrogens with zero attached hydrogens (tertiary/aromatic N) is 4. The molecule has 14 rings (SSSR count). The van der Waals surface area contributed by atoms with Gasteiger partial charge in [0.15, 0.2) is 17.5 Å². The van der Waals surface area contributed by atoms with Crippen LogP contribution in [0.25, 0.3) is 106 Å². The number of hydrogen-bond donors (Lipinski definition) is 0. The number of benzene rings is 9. The van der Waals surface area contributed by atoms with Gasteiger partial charge in [-0.2, -0.15) is 0 Å². The first-order valence-corrected chi connectivity index (χ1v) is 22.7. The third-order valence-electron chi connectivity index (χ3n) is 14.3. The van der Waals surface area contributed by atoms with Crippen molar-refractivity contribution in [3.63, 3.8) is 0 Å². The van der Waals surface area contributed by atoms with Crippen LogP contribution >= 0.6 is 0 Å². The standard InChI is InChI=1S/C61H40N4O/c1-61(2)48-26-14-11-22-41(48)42-30-29-37(34-49(42)61)59-62-58(36-17-5-3-6-18-36)63-60(64-59)38-33-47(54-46-25-13-16-28-52(46)66-53(54)35-38)55-43-23-10-9-21-40(43)44-31-32-51-56(57(44)55)45-24-12-15-27-50(45)65(51)39-19-7-4-8-20-39/h3-35,55H,1-2H3. The predicted octanol–water partition coefficient (Wildman–Crippen LogP) is 15.3. The van der Waals surface area contributed by atoms with Crippen LogP contribution in [-0.2, 0) is 5.41 Å². The summed E-state index contributed by atoms with van der Waals surface area (Å²) < 4.78 is 9.29. The number of hydrogen-bond acceptors (Lipinski definition) is 4. The lowest BCUT2D eigenvalue weighted by Gasteiger charge is -2.22. The number of rotatable bonds is 5. The quantitative estimate of drug-likeness (QED) is 0.173. The fourth-order valence-corrected chi connectivity index (χ4v) is 11.4. The minimum Gasteiger partial charge on any atom is -0.456 e. The second-order valence-corrected chi connectivity index (χ2v) is 18.3. The zero-order valence-corrected chi connectivity index (χ0v) is 36.3. The third-order valence-corrected chi connectivity index (χ3v) is 14.3. The van der Waals surface area contributed by atoms with E-state index in [1.165, 1.54) is 66.3 Å². The molecular formula is C61H40N4O. The van der Waals surface area contributed by atoms with Gasteiger partial charge >= 0.3 is 0 Å². The maximum absolute atomic E-state index is 6.87. The molecule has 12 aromatic rings. The predicted molar refractivity (Wildman–Crippen MR) is 268 cm³/mol. The summed E-state index contributed by atoms with van der Waals surface area (Å²) in [6.45, 7) is 4.62. The van der Waals surface area contributed by atoms with E-state index < -0.39 is 0 Å². The van der Waals surface area contributed by atoms with Crippen molar-refractivity contribution in [2.75, 3.05) is 0 Å². The van der Waals surface area contributed by atoms with E-state index in [4.69, 9.17) is 19.4 Å². The number of aromatic nitrogens is 4. The Bertz CT molecular complexity index is 3970. The normalized spacial score (nSPS) is 14.5. The van der Waals surface area contributed by atoms with E-state index in [0.717, 1.165) is 49.9 Å². The van der Waals surface area contributed by atoms with E-state index in [-0.39, 0.29) is 11.3 Å². The minimum absolute atomic E-state index is 0.131. The van der Waals surface area contributed by atoms with Crippen LogP contribution < -0.4 is 0 Å². The molecule has 2 aliphatic carbocycles. The molecule has 5 heteroatoms. The summed E-state index contributed by atoms with van der Waals surface area (Å²) in [6.07, 6.45) is 0. The van der Waals surface area contributed by atoms with Crippen LogP contribution in [0, 0.1) is 0 Å². The van der Waals surface area contributed by atoms with Crippen LogP contribution in [0.5, 0.6) is 0 Å². The van der Waals surface area contributed by atoms with Crippen LogP contribution in [0.4, 0.5) is 0 Å².